The van der Waals surface area contributed by atoms with Gasteiger partial charge in [0, 0.05) is 35.2 Å². The van der Waals surface area contributed by atoms with Crippen LogP contribution in [0.15, 0.2) is 59.5 Å². The predicted molar refractivity (Wildman–Crippen MR) is 102 cm³/mol. The summed E-state index contributed by atoms with van der Waals surface area (Å²) >= 11 is 0.456. The molecule has 2 aromatic carbocycles. The fraction of sp³-hybridized carbons (Fsp3) is 0.300. The molecule has 1 fully saturated rings. The minimum atomic E-state index is -2.48. The summed E-state index contributed by atoms with van der Waals surface area (Å²) in [7, 11) is 0. The molecular formula is C20H20F2N2O2S. The predicted octanol–water partition coefficient (Wildman–Crippen LogP) is 4.49. The molecule has 0 unspecified atom stereocenters. The number of piperidine rings is 1. The normalized spacial score (nSPS) is 15.0. The number of alkyl halides is 2. The van der Waals surface area contributed by atoms with Crippen LogP contribution in [-0.2, 0) is 4.79 Å². The summed E-state index contributed by atoms with van der Waals surface area (Å²) in [6.45, 7) is 0.999. The number of halogens is 2. The van der Waals surface area contributed by atoms with Gasteiger partial charge in [0.05, 0.1) is 0 Å². The van der Waals surface area contributed by atoms with Gasteiger partial charge in [0.25, 0.3) is 11.7 Å². The largest absolute Gasteiger partial charge is 0.339 e. The van der Waals surface area contributed by atoms with Gasteiger partial charge in [-0.3, -0.25) is 9.59 Å². The van der Waals surface area contributed by atoms with Gasteiger partial charge in [0.1, 0.15) is 0 Å². The van der Waals surface area contributed by atoms with Crippen LogP contribution >= 0.6 is 11.8 Å². The van der Waals surface area contributed by atoms with Crippen molar-refractivity contribution in [3.63, 3.8) is 0 Å². The average Bonchev–Trinajstić information content (AvgIpc) is 2.68. The van der Waals surface area contributed by atoms with E-state index in [2.05, 4.69) is 5.32 Å². The number of para-hydroxylation sites is 1. The number of benzene rings is 2. The zero-order chi connectivity index (χ0) is 19.2. The molecule has 1 saturated heterocycles. The van der Waals surface area contributed by atoms with Crippen molar-refractivity contribution in [3.05, 3.63) is 60.2 Å². The maximum atomic E-state index is 12.6. The molecule has 2 aromatic rings. The second-order valence-electron chi connectivity index (χ2n) is 6.32. The number of hydrogen-bond donors (Lipinski definition) is 1. The Kier molecular flexibility index (Phi) is 6.45. The maximum Gasteiger partial charge on any atom is 0.288 e. The number of thioether (sulfide) groups is 1. The zero-order valence-electron chi connectivity index (χ0n) is 14.6. The molecule has 0 saturated carbocycles. The van der Waals surface area contributed by atoms with Crippen LogP contribution in [0.25, 0.3) is 0 Å². The standard InChI is InChI=1S/C20H20F2N2O2S/c21-20(22)27-17-8-6-15(7-9-17)19(26)24-12-10-14(11-13-24)18(25)23-16-4-2-1-3-5-16/h1-9,14,20H,10-13H2,(H,23,25). The van der Waals surface area contributed by atoms with E-state index < -0.39 is 5.76 Å². The quantitative estimate of drug-likeness (QED) is 0.765. The third-order valence-electron chi connectivity index (χ3n) is 4.52. The van der Waals surface area contributed by atoms with Crippen molar-refractivity contribution >= 4 is 29.3 Å². The lowest BCUT2D eigenvalue weighted by Gasteiger charge is -2.31. The number of nitrogens with zero attached hydrogens (tertiary/aromatic N) is 1. The van der Waals surface area contributed by atoms with Crippen molar-refractivity contribution in [1.29, 1.82) is 0 Å². The summed E-state index contributed by atoms with van der Waals surface area (Å²) in [4.78, 5) is 27.1. The average molecular weight is 390 g/mol. The second kappa shape index (κ2) is 8.99. The molecule has 0 aromatic heterocycles. The molecule has 0 bridgehead atoms. The molecule has 3 rings (SSSR count). The van der Waals surface area contributed by atoms with Crippen molar-refractivity contribution in [3.8, 4) is 0 Å². The zero-order valence-corrected chi connectivity index (χ0v) is 15.4. The first-order valence-electron chi connectivity index (χ1n) is 8.73. The molecule has 27 heavy (non-hydrogen) atoms. The monoisotopic (exact) mass is 390 g/mol. The number of rotatable bonds is 5. The number of carbonyl (C=O) groups is 2. The van der Waals surface area contributed by atoms with Crippen LogP contribution in [0.2, 0.25) is 0 Å². The SMILES string of the molecule is O=C(Nc1ccccc1)C1CCN(C(=O)c2ccc(SC(F)F)cc2)CC1. The van der Waals surface area contributed by atoms with Crippen molar-refractivity contribution in [2.75, 3.05) is 18.4 Å². The van der Waals surface area contributed by atoms with Gasteiger partial charge >= 0.3 is 0 Å². The molecule has 142 valence electrons. The highest BCUT2D eigenvalue weighted by Gasteiger charge is 2.27. The van der Waals surface area contributed by atoms with Gasteiger partial charge in [-0.25, -0.2) is 0 Å². The minimum absolute atomic E-state index is 0.0262. The van der Waals surface area contributed by atoms with Crippen LogP contribution in [0.5, 0.6) is 0 Å². The Morgan fingerprint density at radius 2 is 1.63 bits per heavy atom. The highest BCUT2D eigenvalue weighted by molar-refractivity contribution is 7.99. The maximum absolute atomic E-state index is 12.6. The molecular weight excluding hydrogens is 370 g/mol. The Hall–Kier alpha value is -2.41. The minimum Gasteiger partial charge on any atom is -0.339 e. The van der Waals surface area contributed by atoms with Gasteiger partial charge in [-0.2, -0.15) is 8.78 Å². The van der Waals surface area contributed by atoms with E-state index in [0.29, 0.717) is 48.2 Å². The third-order valence-corrected chi connectivity index (χ3v) is 5.24. The van der Waals surface area contributed by atoms with Crippen molar-refractivity contribution in [2.45, 2.75) is 23.5 Å². The van der Waals surface area contributed by atoms with Crippen LogP contribution in [0.3, 0.4) is 0 Å². The van der Waals surface area contributed by atoms with Gasteiger partial charge in [0.2, 0.25) is 5.91 Å². The van der Waals surface area contributed by atoms with Gasteiger partial charge in [-0.05, 0) is 49.2 Å². The number of hydrogen-bond acceptors (Lipinski definition) is 3. The highest BCUT2D eigenvalue weighted by atomic mass is 32.2. The molecule has 0 aliphatic carbocycles. The number of amides is 2. The molecule has 1 aliphatic rings. The van der Waals surface area contributed by atoms with E-state index in [1.807, 2.05) is 30.3 Å². The molecule has 7 heteroatoms. The summed E-state index contributed by atoms with van der Waals surface area (Å²) in [5.41, 5.74) is 1.24. The van der Waals surface area contributed by atoms with E-state index in [9.17, 15) is 18.4 Å². The number of carbonyl (C=O) groups excluding carboxylic acids is 2. The van der Waals surface area contributed by atoms with Crippen molar-refractivity contribution in [1.82, 2.24) is 4.90 Å². The topological polar surface area (TPSA) is 49.4 Å². The summed E-state index contributed by atoms with van der Waals surface area (Å²) in [6, 6.07) is 15.5. The molecule has 1 heterocycles. The van der Waals surface area contributed by atoms with Crippen molar-refractivity contribution < 1.29 is 18.4 Å². The van der Waals surface area contributed by atoms with E-state index in [-0.39, 0.29) is 17.7 Å². The molecule has 1 aliphatic heterocycles. The van der Waals surface area contributed by atoms with Crippen LogP contribution in [0.1, 0.15) is 23.2 Å². The number of nitrogens with one attached hydrogen (secondary N) is 1. The Labute approximate surface area is 160 Å². The first-order valence-corrected chi connectivity index (χ1v) is 9.61. The van der Waals surface area contributed by atoms with E-state index >= 15 is 0 Å². The first kappa shape index (κ1) is 19.4. The summed E-state index contributed by atoms with van der Waals surface area (Å²) in [5.74, 6) is -2.76. The van der Waals surface area contributed by atoms with Crippen molar-refractivity contribution in [2.24, 2.45) is 5.92 Å². The lowest BCUT2D eigenvalue weighted by molar-refractivity contribution is -0.121. The van der Waals surface area contributed by atoms with Crippen LogP contribution in [0.4, 0.5) is 14.5 Å². The van der Waals surface area contributed by atoms with Crippen LogP contribution in [0, 0.1) is 5.92 Å². The highest BCUT2D eigenvalue weighted by Crippen LogP contribution is 2.26. The van der Waals surface area contributed by atoms with Gasteiger partial charge in [-0.1, -0.05) is 30.0 Å². The fourth-order valence-corrected chi connectivity index (χ4v) is 3.57. The second-order valence-corrected chi connectivity index (χ2v) is 7.39. The third kappa shape index (κ3) is 5.29. The lowest BCUT2D eigenvalue weighted by Crippen LogP contribution is -2.41. The van der Waals surface area contributed by atoms with E-state index in [1.165, 1.54) is 12.1 Å². The van der Waals surface area contributed by atoms with Crippen LogP contribution < -0.4 is 5.32 Å². The van der Waals surface area contributed by atoms with Gasteiger partial charge in [0.15, 0.2) is 0 Å². The summed E-state index contributed by atoms with van der Waals surface area (Å²) in [6.07, 6.45) is 1.20. The molecule has 1 N–H and O–H groups in total. The molecule has 0 radical (unpaired) electrons. The Balaban J connectivity index is 1.52. The summed E-state index contributed by atoms with van der Waals surface area (Å²) in [5, 5.41) is 2.90. The Morgan fingerprint density at radius 1 is 1.00 bits per heavy atom. The summed E-state index contributed by atoms with van der Waals surface area (Å²) < 4.78 is 24.7. The Bertz CT molecular complexity index is 776. The van der Waals surface area contributed by atoms with E-state index in [4.69, 9.17) is 0 Å². The van der Waals surface area contributed by atoms with E-state index in [0.717, 1.165) is 5.69 Å². The molecule has 4 nitrogen and oxygen atoms in total. The first-order chi connectivity index (χ1) is 13.0. The van der Waals surface area contributed by atoms with Crippen LogP contribution in [-0.4, -0.2) is 35.6 Å². The fourth-order valence-electron chi connectivity index (χ4n) is 3.07. The molecule has 0 atom stereocenters. The smallest absolute Gasteiger partial charge is 0.288 e. The number of likely N-dealkylation sites (tertiary alicyclic amines) is 1. The van der Waals surface area contributed by atoms with Gasteiger partial charge < -0.3 is 10.2 Å². The molecule has 2 amide bonds. The lowest BCUT2D eigenvalue weighted by atomic mass is 9.95. The Morgan fingerprint density at radius 3 is 2.22 bits per heavy atom. The van der Waals surface area contributed by atoms with Gasteiger partial charge in [-0.15, -0.1) is 0 Å². The van der Waals surface area contributed by atoms with E-state index in [1.54, 1.807) is 17.0 Å². The number of anilines is 1. The molecule has 0 spiro atoms.